The molecule has 0 fully saturated rings. The van der Waals surface area contributed by atoms with Gasteiger partial charge in [0.15, 0.2) is 11.6 Å². The molecule has 0 spiro atoms. The van der Waals surface area contributed by atoms with Gasteiger partial charge in [0, 0.05) is 19.2 Å². The molecule has 150 valence electrons. The van der Waals surface area contributed by atoms with Crippen molar-refractivity contribution in [3.05, 3.63) is 101 Å². The Balaban J connectivity index is 1.70. The van der Waals surface area contributed by atoms with Crippen molar-refractivity contribution in [2.75, 3.05) is 6.54 Å². The summed E-state index contributed by atoms with van der Waals surface area (Å²) in [6.07, 6.45) is -0.433. The summed E-state index contributed by atoms with van der Waals surface area (Å²) in [5, 5.41) is 9.50. The smallest absolute Gasteiger partial charge is 0.410 e. The number of phenols is 1. The first-order valence-electron chi connectivity index (χ1n) is 9.19. The molecule has 4 nitrogen and oxygen atoms in total. The van der Waals surface area contributed by atoms with Gasteiger partial charge < -0.3 is 14.7 Å². The highest BCUT2D eigenvalue weighted by atomic mass is 19.1. The van der Waals surface area contributed by atoms with Crippen molar-refractivity contribution in [3.63, 3.8) is 0 Å². The SMILES string of the molecule is O=C(OCc1ccccc1)N(CCc1cc(O)c(F)cc1F)Cc1ccccc1. The van der Waals surface area contributed by atoms with Gasteiger partial charge in [-0.05, 0) is 29.2 Å². The fraction of sp³-hybridized carbons (Fsp3) is 0.174. The lowest BCUT2D eigenvalue weighted by Crippen LogP contribution is -2.33. The Hall–Kier alpha value is -3.41. The number of benzene rings is 3. The van der Waals surface area contributed by atoms with Crippen molar-refractivity contribution in [1.82, 2.24) is 4.90 Å². The van der Waals surface area contributed by atoms with E-state index >= 15 is 0 Å². The van der Waals surface area contributed by atoms with E-state index in [2.05, 4.69) is 0 Å². The van der Waals surface area contributed by atoms with Gasteiger partial charge in [0.05, 0.1) is 0 Å². The zero-order chi connectivity index (χ0) is 20.6. The van der Waals surface area contributed by atoms with Gasteiger partial charge in [0.1, 0.15) is 12.4 Å². The lowest BCUT2D eigenvalue weighted by Gasteiger charge is -2.22. The van der Waals surface area contributed by atoms with E-state index in [-0.39, 0.29) is 31.7 Å². The summed E-state index contributed by atoms with van der Waals surface area (Å²) in [6, 6.07) is 20.3. The van der Waals surface area contributed by atoms with Gasteiger partial charge in [0.2, 0.25) is 0 Å². The van der Waals surface area contributed by atoms with Crippen molar-refractivity contribution in [1.29, 1.82) is 0 Å². The van der Waals surface area contributed by atoms with Crippen LogP contribution in [0.2, 0.25) is 0 Å². The summed E-state index contributed by atoms with van der Waals surface area (Å²) >= 11 is 0. The summed E-state index contributed by atoms with van der Waals surface area (Å²) in [5.74, 6) is -2.41. The van der Waals surface area contributed by atoms with Crippen molar-refractivity contribution in [2.24, 2.45) is 0 Å². The van der Waals surface area contributed by atoms with Crippen LogP contribution in [0.3, 0.4) is 0 Å². The highest BCUT2D eigenvalue weighted by Gasteiger charge is 2.18. The molecule has 1 amide bonds. The van der Waals surface area contributed by atoms with E-state index < -0.39 is 23.5 Å². The number of nitrogens with zero attached hydrogens (tertiary/aromatic N) is 1. The number of phenolic OH excluding ortho intramolecular Hbond substituents is 1. The van der Waals surface area contributed by atoms with Crippen molar-refractivity contribution < 1.29 is 23.4 Å². The predicted molar refractivity (Wildman–Crippen MR) is 105 cm³/mol. The van der Waals surface area contributed by atoms with Crippen LogP contribution < -0.4 is 0 Å². The second kappa shape index (κ2) is 9.68. The highest BCUT2D eigenvalue weighted by molar-refractivity contribution is 5.67. The molecular formula is C23H21F2NO3. The molecule has 1 N–H and O–H groups in total. The maximum atomic E-state index is 14.0. The average Bonchev–Trinajstić information content (AvgIpc) is 2.74. The molecule has 0 bridgehead atoms. The Bertz CT molecular complexity index is 949. The quantitative estimate of drug-likeness (QED) is 0.607. The number of carbonyl (C=O) groups excluding carboxylic acids is 1. The molecule has 0 unspecified atom stereocenters. The van der Waals surface area contributed by atoms with E-state index in [1.54, 1.807) is 0 Å². The lowest BCUT2D eigenvalue weighted by molar-refractivity contribution is 0.0939. The van der Waals surface area contributed by atoms with Crippen molar-refractivity contribution in [3.8, 4) is 5.75 Å². The van der Waals surface area contributed by atoms with Crippen LogP contribution in [0, 0.1) is 11.6 Å². The average molecular weight is 397 g/mol. The number of aromatic hydroxyl groups is 1. The summed E-state index contributed by atoms with van der Waals surface area (Å²) < 4.78 is 32.7. The Morgan fingerprint density at radius 1 is 0.897 bits per heavy atom. The second-order valence-electron chi connectivity index (χ2n) is 6.59. The van der Waals surface area contributed by atoms with Crippen LogP contribution in [-0.4, -0.2) is 22.6 Å². The van der Waals surface area contributed by atoms with Crippen LogP contribution in [-0.2, 0) is 24.3 Å². The Morgan fingerprint density at radius 2 is 1.52 bits per heavy atom. The van der Waals surface area contributed by atoms with Crippen LogP contribution in [0.5, 0.6) is 5.75 Å². The minimum absolute atomic E-state index is 0.104. The largest absolute Gasteiger partial charge is 0.505 e. The van der Waals surface area contributed by atoms with E-state index in [1.807, 2.05) is 60.7 Å². The molecule has 3 aromatic rings. The molecule has 3 aromatic carbocycles. The normalized spacial score (nSPS) is 10.6. The van der Waals surface area contributed by atoms with E-state index in [1.165, 1.54) is 4.90 Å². The summed E-state index contributed by atoms with van der Waals surface area (Å²) in [4.78, 5) is 14.1. The number of carbonyl (C=O) groups is 1. The third kappa shape index (κ3) is 5.78. The fourth-order valence-corrected chi connectivity index (χ4v) is 2.88. The maximum Gasteiger partial charge on any atom is 0.410 e. The standard InChI is InChI=1S/C23H21F2NO3/c24-20-14-21(25)22(27)13-19(20)11-12-26(15-17-7-3-1-4-8-17)23(28)29-16-18-9-5-2-6-10-18/h1-10,13-14,27H,11-12,15-16H2. The number of hydrogen-bond donors (Lipinski definition) is 1. The van der Waals surface area contributed by atoms with Crippen LogP contribution >= 0.6 is 0 Å². The molecule has 29 heavy (non-hydrogen) atoms. The number of amides is 1. The molecule has 0 aliphatic heterocycles. The molecule has 0 aliphatic rings. The molecule has 6 heteroatoms. The van der Waals surface area contributed by atoms with E-state index in [0.29, 0.717) is 6.07 Å². The zero-order valence-corrected chi connectivity index (χ0v) is 15.7. The van der Waals surface area contributed by atoms with Crippen molar-refractivity contribution in [2.45, 2.75) is 19.6 Å². The van der Waals surface area contributed by atoms with E-state index in [0.717, 1.165) is 17.2 Å². The third-order valence-corrected chi connectivity index (χ3v) is 4.45. The van der Waals surface area contributed by atoms with Crippen LogP contribution in [0.4, 0.5) is 13.6 Å². The Kier molecular flexibility index (Phi) is 6.79. The molecule has 0 radical (unpaired) electrons. The number of hydrogen-bond acceptors (Lipinski definition) is 3. The molecule has 0 saturated carbocycles. The van der Waals surface area contributed by atoms with Gasteiger partial charge in [0.25, 0.3) is 0 Å². The van der Waals surface area contributed by atoms with Crippen LogP contribution in [0.1, 0.15) is 16.7 Å². The molecule has 0 aromatic heterocycles. The molecule has 0 heterocycles. The molecule has 3 rings (SSSR count). The zero-order valence-electron chi connectivity index (χ0n) is 15.7. The number of halogens is 2. The summed E-state index contributed by atoms with van der Waals surface area (Å²) in [6.45, 7) is 0.546. The lowest BCUT2D eigenvalue weighted by atomic mass is 10.1. The molecular weight excluding hydrogens is 376 g/mol. The number of ether oxygens (including phenoxy) is 1. The predicted octanol–water partition coefficient (Wildman–Crippen LogP) is 5.05. The highest BCUT2D eigenvalue weighted by Crippen LogP contribution is 2.21. The summed E-state index contributed by atoms with van der Waals surface area (Å²) in [7, 11) is 0. The molecule has 0 atom stereocenters. The fourth-order valence-electron chi connectivity index (χ4n) is 2.88. The van der Waals surface area contributed by atoms with Crippen LogP contribution in [0.25, 0.3) is 0 Å². The van der Waals surface area contributed by atoms with Gasteiger partial charge in [-0.3, -0.25) is 0 Å². The number of rotatable bonds is 7. The van der Waals surface area contributed by atoms with E-state index in [9.17, 15) is 18.7 Å². The molecule has 0 saturated heterocycles. The Morgan fingerprint density at radius 3 is 2.17 bits per heavy atom. The van der Waals surface area contributed by atoms with E-state index in [4.69, 9.17) is 4.74 Å². The van der Waals surface area contributed by atoms with Crippen LogP contribution in [0.15, 0.2) is 72.8 Å². The summed E-state index contributed by atoms with van der Waals surface area (Å²) in [5.41, 5.74) is 1.87. The second-order valence-corrected chi connectivity index (χ2v) is 6.59. The monoisotopic (exact) mass is 397 g/mol. The Labute approximate surface area is 168 Å². The van der Waals surface area contributed by atoms with Gasteiger partial charge in [-0.25, -0.2) is 13.6 Å². The molecule has 0 aliphatic carbocycles. The van der Waals surface area contributed by atoms with Gasteiger partial charge in [-0.2, -0.15) is 0 Å². The van der Waals surface area contributed by atoms with Gasteiger partial charge in [-0.15, -0.1) is 0 Å². The first kappa shape index (κ1) is 20.3. The topological polar surface area (TPSA) is 49.8 Å². The minimum atomic E-state index is -1.02. The van der Waals surface area contributed by atoms with Gasteiger partial charge in [-0.1, -0.05) is 60.7 Å². The first-order valence-corrected chi connectivity index (χ1v) is 9.19. The maximum absolute atomic E-state index is 14.0. The van der Waals surface area contributed by atoms with Crippen molar-refractivity contribution >= 4 is 6.09 Å². The van der Waals surface area contributed by atoms with Gasteiger partial charge >= 0.3 is 6.09 Å². The first-order chi connectivity index (χ1) is 14.0. The minimum Gasteiger partial charge on any atom is -0.505 e. The third-order valence-electron chi connectivity index (χ3n) is 4.45.